The van der Waals surface area contributed by atoms with Crippen molar-refractivity contribution in [3.05, 3.63) is 98.1 Å². The van der Waals surface area contributed by atoms with E-state index in [1.54, 1.807) is 30.5 Å². The zero-order valence-electron chi connectivity index (χ0n) is 19.9. The maximum Gasteiger partial charge on any atom is 0.324 e. The summed E-state index contributed by atoms with van der Waals surface area (Å²) in [6, 6.07) is 18.3. The van der Waals surface area contributed by atoms with Crippen LogP contribution in [0, 0.1) is 5.92 Å². The maximum atomic E-state index is 13.3. The van der Waals surface area contributed by atoms with Gasteiger partial charge in [-0.25, -0.2) is 0 Å². The van der Waals surface area contributed by atoms with Gasteiger partial charge in [0.05, 0.1) is 0 Å². The fourth-order valence-corrected chi connectivity index (χ4v) is 5.41. The lowest BCUT2D eigenvalue weighted by molar-refractivity contribution is -0.240. The van der Waals surface area contributed by atoms with E-state index in [1.807, 2.05) is 36.4 Å². The minimum absolute atomic E-state index is 0.151. The van der Waals surface area contributed by atoms with Crippen molar-refractivity contribution in [3.63, 3.8) is 0 Å². The Morgan fingerprint density at radius 2 is 1.73 bits per heavy atom. The smallest absolute Gasteiger partial charge is 0.324 e. The molecule has 1 fully saturated rings. The predicted molar refractivity (Wildman–Crippen MR) is 145 cm³/mol. The third kappa shape index (κ3) is 5.21. The number of rotatable bonds is 6. The molecule has 0 amide bonds. The largest absolute Gasteiger partial charge is 0.489 e. The van der Waals surface area contributed by atoms with E-state index in [0.29, 0.717) is 21.4 Å². The Bertz CT molecular complexity index is 1500. The first-order valence-electron chi connectivity index (χ1n) is 11.5. The maximum absolute atomic E-state index is 13.3. The number of nitrogens with one attached hydrogen (secondary N) is 1. The molecule has 0 spiro atoms. The van der Waals surface area contributed by atoms with Crippen LogP contribution in [-0.4, -0.2) is 22.7 Å². The van der Waals surface area contributed by atoms with E-state index >= 15 is 0 Å². The summed E-state index contributed by atoms with van der Waals surface area (Å²) in [6.07, 6.45) is 1.80. The molecule has 0 unspecified atom stereocenters. The lowest BCUT2D eigenvalue weighted by Gasteiger charge is -2.36. The van der Waals surface area contributed by atoms with E-state index in [0.717, 1.165) is 26.5 Å². The molecule has 1 saturated heterocycles. The Morgan fingerprint density at radius 1 is 1.00 bits per heavy atom. The molecule has 1 aromatic heterocycles. The molecule has 0 aliphatic carbocycles. The lowest BCUT2D eigenvalue weighted by Crippen LogP contribution is -2.48. The molecule has 0 saturated carbocycles. The fraction of sp³-hybridized carbons (Fsp3) is 0.214. The minimum Gasteiger partial charge on any atom is -0.489 e. The zero-order valence-corrected chi connectivity index (χ0v) is 23.0. The topological polar surface area (TPSA) is 77.6 Å². The molecule has 3 aromatic carbocycles. The number of para-hydroxylation sites is 1. The number of fused-ring (bicyclic) bond motifs is 1. The van der Waals surface area contributed by atoms with Crippen LogP contribution >= 0.6 is 39.1 Å². The standard InChI is InChI=1S/C28H22BrCl2NO5/c1-28(2)36-26(33)25(27(34)37-28)24(20-13-32-22-6-4-3-5-18(20)22)19-11-16(29)8-10-23(19)35-14-15-7-9-17(30)12-21(15)31/h3-13,24-25,32H,14H2,1-2H3/t24-/m1/s1. The first kappa shape index (κ1) is 25.6. The predicted octanol–water partition coefficient (Wildman–Crippen LogP) is 7.40. The van der Waals surface area contributed by atoms with Gasteiger partial charge in [-0.05, 0) is 42.0 Å². The number of hydrogen-bond acceptors (Lipinski definition) is 5. The van der Waals surface area contributed by atoms with E-state index in [4.69, 9.17) is 37.4 Å². The first-order valence-corrected chi connectivity index (χ1v) is 13.1. The molecule has 2 heterocycles. The number of hydrogen-bond donors (Lipinski definition) is 1. The molecule has 1 aliphatic rings. The van der Waals surface area contributed by atoms with Crippen LogP contribution in [0.25, 0.3) is 10.9 Å². The van der Waals surface area contributed by atoms with Crippen molar-refractivity contribution in [2.75, 3.05) is 0 Å². The highest BCUT2D eigenvalue weighted by molar-refractivity contribution is 9.10. The van der Waals surface area contributed by atoms with Gasteiger partial charge in [-0.15, -0.1) is 0 Å². The highest BCUT2D eigenvalue weighted by atomic mass is 79.9. The second-order valence-electron chi connectivity index (χ2n) is 9.19. The molecular weight excluding hydrogens is 581 g/mol. The molecule has 37 heavy (non-hydrogen) atoms. The molecule has 0 bridgehead atoms. The van der Waals surface area contributed by atoms with Crippen LogP contribution in [0.4, 0.5) is 0 Å². The van der Waals surface area contributed by atoms with E-state index in [2.05, 4.69) is 20.9 Å². The van der Waals surface area contributed by atoms with Crippen LogP contribution in [-0.2, 0) is 25.7 Å². The summed E-state index contributed by atoms with van der Waals surface area (Å²) in [5.41, 5.74) is 2.96. The molecule has 190 valence electrons. The zero-order chi connectivity index (χ0) is 26.3. The van der Waals surface area contributed by atoms with Gasteiger partial charge in [-0.2, -0.15) is 0 Å². The molecule has 1 N–H and O–H groups in total. The van der Waals surface area contributed by atoms with Gasteiger partial charge in [0.2, 0.25) is 0 Å². The molecule has 1 atom stereocenters. The Morgan fingerprint density at radius 3 is 2.46 bits per heavy atom. The number of halogens is 3. The van der Waals surface area contributed by atoms with Gasteiger partial charge in [0.1, 0.15) is 12.4 Å². The Balaban J connectivity index is 1.63. The van der Waals surface area contributed by atoms with Gasteiger partial charge in [0.15, 0.2) is 5.92 Å². The van der Waals surface area contributed by atoms with Gasteiger partial charge in [-0.3, -0.25) is 9.59 Å². The number of esters is 2. The van der Waals surface area contributed by atoms with E-state index in [1.165, 1.54) is 13.8 Å². The van der Waals surface area contributed by atoms with Crippen molar-refractivity contribution in [3.8, 4) is 5.75 Å². The summed E-state index contributed by atoms with van der Waals surface area (Å²) in [6.45, 7) is 3.21. The Hall–Kier alpha value is -3.00. The number of carbonyl (C=O) groups is 2. The van der Waals surface area contributed by atoms with Crippen LogP contribution in [0.1, 0.15) is 36.5 Å². The second-order valence-corrected chi connectivity index (χ2v) is 11.0. The van der Waals surface area contributed by atoms with Crippen LogP contribution in [0.2, 0.25) is 10.0 Å². The minimum atomic E-state index is -1.35. The van der Waals surface area contributed by atoms with E-state index < -0.39 is 29.6 Å². The molecular formula is C28H22BrCl2NO5. The number of cyclic esters (lactones) is 2. The number of carbonyl (C=O) groups excluding carboxylic acids is 2. The average molecular weight is 603 g/mol. The van der Waals surface area contributed by atoms with Gasteiger partial charge in [0, 0.05) is 62.5 Å². The highest BCUT2D eigenvalue weighted by Gasteiger charge is 2.49. The summed E-state index contributed by atoms with van der Waals surface area (Å²) in [4.78, 5) is 29.8. The molecule has 1 aliphatic heterocycles. The van der Waals surface area contributed by atoms with Crippen molar-refractivity contribution in [2.24, 2.45) is 5.92 Å². The normalized spacial score (nSPS) is 16.4. The monoisotopic (exact) mass is 601 g/mol. The fourth-order valence-electron chi connectivity index (χ4n) is 4.57. The number of aromatic amines is 1. The molecule has 9 heteroatoms. The third-order valence-corrected chi connectivity index (χ3v) is 7.28. The lowest BCUT2D eigenvalue weighted by atomic mass is 9.79. The van der Waals surface area contributed by atoms with Crippen molar-refractivity contribution in [1.29, 1.82) is 0 Å². The summed E-state index contributed by atoms with van der Waals surface area (Å²) in [7, 11) is 0. The SMILES string of the molecule is CC1(C)OC(=O)C([C@H](c2cc(Br)ccc2OCc2ccc(Cl)cc2Cl)c2c[nH]c3ccccc23)C(=O)O1. The molecule has 4 aromatic rings. The van der Waals surface area contributed by atoms with Crippen molar-refractivity contribution in [2.45, 2.75) is 32.2 Å². The summed E-state index contributed by atoms with van der Waals surface area (Å²) < 4.78 is 18.0. The summed E-state index contributed by atoms with van der Waals surface area (Å²) in [5.74, 6) is -4.21. The highest BCUT2D eigenvalue weighted by Crippen LogP contribution is 2.44. The number of H-pyrrole nitrogens is 1. The van der Waals surface area contributed by atoms with E-state index in [-0.39, 0.29) is 6.61 Å². The second kappa shape index (κ2) is 10.0. The summed E-state index contributed by atoms with van der Waals surface area (Å²) >= 11 is 15.9. The van der Waals surface area contributed by atoms with Gasteiger partial charge < -0.3 is 19.2 Å². The van der Waals surface area contributed by atoms with Crippen LogP contribution < -0.4 is 4.74 Å². The van der Waals surface area contributed by atoms with Crippen molar-refractivity contribution < 1.29 is 23.8 Å². The molecule has 0 radical (unpaired) electrons. The Labute approximate surface area is 231 Å². The number of benzene rings is 3. The van der Waals surface area contributed by atoms with Gasteiger partial charge in [-0.1, -0.05) is 63.4 Å². The van der Waals surface area contributed by atoms with Crippen LogP contribution in [0.5, 0.6) is 5.75 Å². The van der Waals surface area contributed by atoms with Crippen LogP contribution in [0.15, 0.2) is 71.3 Å². The number of aromatic nitrogens is 1. The van der Waals surface area contributed by atoms with Gasteiger partial charge >= 0.3 is 11.9 Å². The Kier molecular flexibility index (Phi) is 6.96. The molecule has 6 nitrogen and oxygen atoms in total. The average Bonchev–Trinajstić information content (AvgIpc) is 3.25. The van der Waals surface area contributed by atoms with Gasteiger partial charge in [0.25, 0.3) is 5.79 Å². The quantitative estimate of drug-likeness (QED) is 0.184. The van der Waals surface area contributed by atoms with Crippen molar-refractivity contribution in [1.82, 2.24) is 4.98 Å². The first-order chi connectivity index (χ1) is 17.6. The molecule has 5 rings (SSSR count). The third-order valence-electron chi connectivity index (χ3n) is 6.20. The van der Waals surface area contributed by atoms with Crippen LogP contribution in [0.3, 0.4) is 0 Å². The number of ether oxygens (including phenoxy) is 3. The van der Waals surface area contributed by atoms with E-state index in [9.17, 15) is 9.59 Å². The summed E-state index contributed by atoms with van der Waals surface area (Å²) in [5, 5.41) is 1.86. The van der Waals surface area contributed by atoms with Crippen molar-refractivity contribution >= 4 is 62.0 Å².